The van der Waals surface area contributed by atoms with Gasteiger partial charge in [-0.2, -0.15) is 0 Å². The predicted molar refractivity (Wildman–Crippen MR) is 50.3 cm³/mol. The van der Waals surface area contributed by atoms with Crippen molar-refractivity contribution >= 4 is 11.9 Å². The van der Waals surface area contributed by atoms with Crippen LogP contribution in [-0.2, 0) is 9.53 Å². The van der Waals surface area contributed by atoms with Crippen LogP contribution in [0.4, 0.5) is 0 Å². The number of nitrogens with two attached hydrogens (primary N) is 1. The van der Waals surface area contributed by atoms with Crippen molar-refractivity contribution in [1.29, 1.82) is 0 Å². The standard InChI is InChI=1S/C9H10N2O4/c1-14-9(13)8-6(3-2-4-11-8)15-5-7(10)12/h2-4H,5H2,1H3,(H2,10,12). The molecule has 6 heteroatoms. The van der Waals surface area contributed by atoms with Crippen molar-refractivity contribution in [3.05, 3.63) is 24.0 Å². The number of hydrogen-bond donors (Lipinski definition) is 1. The first kappa shape index (κ1) is 11.0. The number of ether oxygens (including phenoxy) is 2. The number of primary amides is 1. The van der Waals surface area contributed by atoms with E-state index in [1.807, 2.05) is 0 Å². The Labute approximate surface area is 86.0 Å². The Balaban J connectivity index is 2.86. The number of amides is 1. The quantitative estimate of drug-likeness (QED) is 0.691. The van der Waals surface area contributed by atoms with Crippen LogP contribution in [-0.4, -0.2) is 30.6 Å². The van der Waals surface area contributed by atoms with E-state index in [1.54, 1.807) is 6.07 Å². The van der Waals surface area contributed by atoms with Crippen LogP contribution >= 0.6 is 0 Å². The summed E-state index contributed by atoms with van der Waals surface area (Å²) >= 11 is 0. The van der Waals surface area contributed by atoms with Gasteiger partial charge in [-0.05, 0) is 12.1 Å². The monoisotopic (exact) mass is 210 g/mol. The van der Waals surface area contributed by atoms with Crippen LogP contribution in [0.5, 0.6) is 5.75 Å². The van der Waals surface area contributed by atoms with Crippen molar-refractivity contribution in [3.63, 3.8) is 0 Å². The third kappa shape index (κ3) is 2.94. The van der Waals surface area contributed by atoms with Gasteiger partial charge >= 0.3 is 5.97 Å². The molecule has 0 saturated heterocycles. The molecule has 1 heterocycles. The Hall–Kier alpha value is -2.11. The van der Waals surface area contributed by atoms with E-state index in [9.17, 15) is 9.59 Å². The summed E-state index contributed by atoms with van der Waals surface area (Å²) < 4.78 is 9.47. The molecule has 1 aromatic rings. The number of nitrogens with zero attached hydrogens (tertiary/aromatic N) is 1. The number of hydrogen-bond acceptors (Lipinski definition) is 5. The third-order valence-corrected chi connectivity index (χ3v) is 1.52. The van der Waals surface area contributed by atoms with E-state index < -0.39 is 11.9 Å². The molecule has 0 radical (unpaired) electrons. The second-order valence-electron chi connectivity index (χ2n) is 2.60. The van der Waals surface area contributed by atoms with Crippen LogP contribution in [0.2, 0.25) is 0 Å². The van der Waals surface area contributed by atoms with Crippen LogP contribution in [0.15, 0.2) is 18.3 Å². The second-order valence-corrected chi connectivity index (χ2v) is 2.60. The van der Waals surface area contributed by atoms with Crippen LogP contribution < -0.4 is 10.5 Å². The van der Waals surface area contributed by atoms with E-state index in [2.05, 4.69) is 9.72 Å². The molecule has 0 spiro atoms. The highest BCUT2D eigenvalue weighted by Gasteiger charge is 2.14. The molecule has 0 aliphatic carbocycles. The van der Waals surface area contributed by atoms with Gasteiger partial charge in [0.2, 0.25) is 0 Å². The lowest BCUT2D eigenvalue weighted by molar-refractivity contribution is -0.119. The Bertz CT molecular complexity index is 378. The van der Waals surface area contributed by atoms with E-state index in [1.165, 1.54) is 19.4 Å². The summed E-state index contributed by atoms with van der Waals surface area (Å²) in [7, 11) is 1.23. The van der Waals surface area contributed by atoms with Gasteiger partial charge in [0, 0.05) is 6.20 Å². The van der Waals surface area contributed by atoms with Crippen LogP contribution in [0, 0.1) is 0 Å². The molecule has 80 valence electrons. The van der Waals surface area contributed by atoms with Gasteiger partial charge in [0.05, 0.1) is 7.11 Å². The van der Waals surface area contributed by atoms with E-state index in [0.29, 0.717) is 0 Å². The molecule has 0 bridgehead atoms. The highest BCUT2D eigenvalue weighted by atomic mass is 16.5. The van der Waals surface area contributed by atoms with Crippen LogP contribution in [0.3, 0.4) is 0 Å². The SMILES string of the molecule is COC(=O)c1ncccc1OCC(N)=O. The minimum absolute atomic E-state index is 0.0150. The number of aromatic nitrogens is 1. The molecule has 0 fully saturated rings. The summed E-state index contributed by atoms with van der Waals surface area (Å²) in [6, 6.07) is 3.07. The van der Waals surface area contributed by atoms with Crippen LogP contribution in [0.1, 0.15) is 10.5 Å². The van der Waals surface area contributed by atoms with Gasteiger partial charge < -0.3 is 15.2 Å². The predicted octanol–water partition coefficient (Wildman–Crippen LogP) is -0.268. The van der Waals surface area contributed by atoms with Crippen molar-refractivity contribution in [2.75, 3.05) is 13.7 Å². The average molecular weight is 210 g/mol. The van der Waals surface area contributed by atoms with E-state index in [4.69, 9.17) is 10.5 Å². The third-order valence-electron chi connectivity index (χ3n) is 1.52. The molecule has 15 heavy (non-hydrogen) atoms. The Morgan fingerprint density at radius 3 is 2.87 bits per heavy atom. The molecule has 0 aliphatic rings. The van der Waals surface area contributed by atoms with Gasteiger partial charge in [-0.1, -0.05) is 0 Å². The summed E-state index contributed by atoms with van der Waals surface area (Å²) in [6.07, 6.45) is 1.42. The number of pyridine rings is 1. The Morgan fingerprint density at radius 2 is 2.27 bits per heavy atom. The molecular weight excluding hydrogens is 200 g/mol. The zero-order valence-corrected chi connectivity index (χ0v) is 8.10. The fourth-order valence-corrected chi connectivity index (χ4v) is 0.906. The van der Waals surface area contributed by atoms with Crippen molar-refractivity contribution in [2.24, 2.45) is 5.73 Å². The zero-order chi connectivity index (χ0) is 11.3. The lowest BCUT2D eigenvalue weighted by atomic mass is 10.3. The molecule has 2 N–H and O–H groups in total. The first-order valence-electron chi connectivity index (χ1n) is 4.09. The van der Waals surface area contributed by atoms with Crippen molar-refractivity contribution in [3.8, 4) is 5.75 Å². The highest BCUT2D eigenvalue weighted by molar-refractivity contribution is 5.90. The van der Waals surface area contributed by atoms with E-state index in [0.717, 1.165) is 0 Å². The van der Waals surface area contributed by atoms with Gasteiger partial charge in [0.25, 0.3) is 5.91 Å². The summed E-state index contributed by atoms with van der Waals surface area (Å²) in [5.41, 5.74) is 4.91. The lowest BCUT2D eigenvalue weighted by Gasteiger charge is -2.06. The molecule has 0 unspecified atom stereocenters. The maximum absolute atomic E-state index is 11.2. The van der Waals surface area contributed by atoms with Gasteiger partial charge in [-0.15, -0.1) is 0 Å². The average Bonchev–Trinajstić information content (AvgIpc) is 2.25. The lowest BCUT2D eigenvalue weighted by Crippen LogP contribution is -2.21. The van der Waals surface area contributed by atoms with Crippen molar-refractivity contribution in [1.82, 2.24) is 4.98 Å². The number of rotatable bonds is 4. The largest absolute Gasteiger partial charge is 0.481 e. The smallest absolute Gasteiger partial charge is 0.360 e. The zero-order valence-electron chi connectivity index (χ0n) is 8.10. The Kier molecular flexibility index (Phi) is 3.61. The minimum atomic E-state index is -0.630. The van der Waals surface area contributed by atoms with Crippen molar-refractivity contribution < 1.29 is 19.1 Å². The fraction of sp³-hybridized carbons (Fsp3) is 0.222. The highest BCUT2D eigenvalue weighted by Crippen LogP contribution is 2.15. The molecule has 1 amide bonds. The number of esters is 1. The van der Waals surface area contributed by atoms with Gasteiger partial charge in [0.15, 0.2) is 18.1 Å². The fourth-order valence-electron chi connectivity index (χ4n) is 0.906. The van der Waals surface area contributed by atoms with E-state index >= 15 is 0 Å². The number of carbonyl (C=O) groups excluding carboxylic acids is 2. The minimum Gasteiger partial charge on any atom is -0.481 e. The molecule has 0 atom stereocenters. The normalized spacial score (nSPS) is 9.40. The van der Waals surface area contributed by atoms with Gasteiger partial charge in [-0.3, -0.25) is 4.79 Å². The second kappa shape index (κ2) is 4.94. The van der Waals surface area contributed by atoms with Crippen LogP contribution in [0.25, 0.3) is 0 Å². The molecule has 0 aromatic carbocycles. The molecular formula is C9H10N2O4. The van der Waals surface area contributed by atoms with Gasteiger partial charge in [-0.25, -0.2) is 9.78 Å². The first-order chi connectivity index (χ1) is 7.15. The first-order valence-corrected chi connectivity index (χ1v) is 4.09. The topological polar surface area (TPSA) is 91.5 Å². The molecule has 0 aliphatic heterocycles. The van der Waals surface area contributed by atoms with Crippen molar-refractivity contribution in [2.45, 2.75) is 0 Å². The summed E-state index contributed by atoms with van der Waals surface area (Å²) in [6.45, 7) is -0.310. The van der Waals surface area contributed by atoms with E-state index in [-0.39, 0.29) is 18.1 Å². The summed E-state index contributed by atoms with van der Waals surface area (Å²) in [4.78, 5) is 25.5. The summed E-state index contributed by atoms with van der Waals surface area (Å²) in [5.74, 6) is -1.09. The molecule has 6 nitrogen and oxygen atoms in total. The number of methoxy groups -OCH3 is 1. The maximum atomic E-state index is 11.2. The number of carbonyl (C=O) groups is 2. The molecule has 1 aromatic heterocycles. The van der Waals surface area contributed by atoms with Gasteiger partial charge in [0.1, 0.15) is 0 Å². The Morgan fingerprint density at radius 1 is 1.53 bits per heavy atom. The molecule has 0 saturated carbocycles. The maximum Gasteiger partial charge on any atom is 0.360 e. The molecule has 1 rings (SSSR count). The summed E-state index contributed by atoms with van der Waals surface area (Å²) in [5, 5.41) is 0.